The molecule has 0 fully saturated rings. The standard InChI is InChI=1S/C19H23ClN2O3/c1-13(2)7-9-25-18-16(20)10-14(11-17(18)24-3)19(23)22-12-15-6-4-5-8-21-15/h4-6,8,10-11,13H,7,9,12H2,1-3H3,(H,22,23). The molecular formula is C19H23ClN2O3. The second kappa shape index (κ2) is 9.28. The Balaban J connectivity index is 2.08. The van der Waals surface area contributed by atoms with Crippen molar-refractivity contribution in [2.75, 3.05) is 13.7 Å². The number of amides is 1. The highest BCUT2D eigenvalue weighted by Crippen LogP contribution is 2.36. The highest BCUT2D eigenvalue weighted by Gasteiger charge is 2.16. The van der Waals surface area contributed by atoms with Gasteiger partial charge >= 0.3 is 0 Å². The van der Waals surface area contributed by atoms with Gasteiger partial charge in [0, 0.05) is 11.8 Å². The van der Waals surface area contributed by atoms with Crippen molar-refractivity contribution in [2.24, 2.45) is 5.92 Å². The Morgan fingerprint density at radius 2 is 2.12 bits per heavy atom. The maximum atomic E-state index is 12.4. The fraction of sp³-hybridized carbons (Fsp3) is 0.368. The number of nitrogens with zero attached hydrogens (tertiary/aromatic N) is 1. The zero-order chi connectivity index (χ0) is 18.2. The molecule has 1 N–H and O–H groups in total. The van der Waals surface area contributed by atoms with E-state index in [1.54, 1.807) is 18.3 Å². The molecule has 0 spiro atoms. The Morgan fingerprint density at radius 1 is 1.32 bits per heavy atom. The van der Waals surface area contributed by atoms with Crippen molar-refractivity contribution in [1.82, 2.24) is 10.3 Å². The predicted molar refractivity (Wildman–Crippen MR) is 98.4 cm³/mol. The van der Waals surface area contributed by atoms with Crippen molar-refractivity contribution >= 4 is 17.5 Å². The maximum absolute atomic E-state index is 12.4. The molecule has 0 aliphatic carbocycles. The van der Waals surface area contributed by atoms with Gasteiger partial charge in [0.2, 0.25) is 0 Å². The monoisotopic (exact) mass is 362 g/mol. The summed E-state index contributed by atoms with van der Waals surface area (Å²) in [5, 5.41) is 3.17. The number of pyridine rings is 1. The number of ether oxygens (including phenoxy) is 2. The minimum Gasteiger partial charge on any atom is -0.493 e. The molecule has 5 nitrogen and oxygen atoms in total. The van der Waals surface area contributed by atoms with Crippen molar-refractivity contribution < 1.29 is 14.3 Å². The smallest absolute Gasteiger partial charge is 0.251 e. The van der Waals surface area contributed by atoms with Gasteiger partial charge in [-0.1, -0.05) is 31.5 Å². The summed E-state index contributed by atoms with van der Waals surface area (Å²) in [6.07, 6.45) is 2.59. The molecule has 2 rings (SSSR count). The van der Waals surface area contributed by atoms with Gasteiger partial charge in [-0.15, -0.1) is 0 Å². The van der Waals surface area contributed by atoms with Gasteiger partial charge < -0.3 is 14.8 Å². The summed E-state index contributed by atoms with van der Waals surface area (Å²) in [5.41, 5.74) is 1.19. The predicted octanol–water partition coefficient (Wildman–Crippen LogP) is 4.10. The maximum Gasteiger partial charge on any atom is 0.251 e. The quantitative estimate of drug-likeness (QED) is 0.768. The fourth-order valence-electron chi connectivity index (χ4n) is 2.16. The number of carbonyl (C=O) groups excluding carboxylic acids is 1. The molecule has 0 aliphatic heterocycles. The molecule has 1 aromatic heterocycles. The SMILES string of the molecule is COc1cc(C(=O)NCc2ccccn2)cc(Cl)c1OCCC(C)C. The Labute approximate surface area is 153 Å². The van der Waals surface area contributed by atoms with Crippen LogP contribution in [0.2, 0.25) is 5.02 Å². The van der Waals surface area contributed by atoms with Crippen LogP contribution in [0.1, 0.15) is 36.3 Å². The van der Waals surface area contributed by atoms with E-state index in [1.807, 2.05) is 18.2 Å². The summed E-state index contributed by atoms with van der Waals surface area (Å²) in [6.45, 7) is 5.12. The van der Waals surface area contributed by atoms with Gasteiger partial charge in [-0.05, 0) is 36.6 Å². The van der Waals surface area contributed by atoms with Crippen LogP contribution >= 0.6 is 11.6 Å². The van der Waals surface area contributed by atoms with Gasteiger partial charge in [-0.3, -0.25) is 9.78 Å². The summed E-state index contributed by atoms with van der Waals surface area (Å²) < 4.78 is 11.1. The zero-order valence-electron chi connectivity index (χ0n) is 14.7. The van der Waals surface area contributed by atoms with E-state index < -0.39 is 0 Å². The van der Waals surface area contributed by atoms with Gasteiger partial charge in [-0.25, -0.2) is 0 Å². The lowest BCUT2D eigenvalue weighted by molar-refractivity contribution is 0.0950. The van der Waals surface area contributed by atoms with E-state index >= 15 is 0 Å². The highest BCUT2D eigenvalue weighted by molar-refractivity contribution is 6.32. The first-order valence-electron chi connectivity index (χ1n) is 8.19. The van der Waals surface area contributed by atoms with E-state index in [1.165, 1.54) is 7.11 Å². The molecule has 2 aromatic rings. The number of rotatable bonds is 8. The third-order valence-electron chi connectivity index (χ3n) is 3.59. The molecule has 1 heterocycles. The lowest BCUT2D eigenvalue weighted by atomic mass is 10.1. The molecule has 0 radical (unpaired) electrons. The van der Waals surface area contributed by atoms with Crippen LogP contribution in [0.25, 0.3) is 0 Å². The largest absolute Gasteiger partial charge is 0.493 e. The lowest BCUT2D eigenvalue weighted by Crippen LogP contribution is -2.23. The third kappa shape index (κ3) is 5.64. The van der Waals surface area contributed by atoms with E-state index in [4.69, 9.17) is 21.1 Å². The number of carbonyl (C=O) groups is 1. The van der Waals surface area contributed by atoms with E-state index in [9.17, 15) is 4.79 Å². The van der Waals surface area contributed by atoms with Gasteiger partial charge in [0.1, 0.15) is 0 Å². The number of nitrogens with one attached hydrogen (secondary N) is 1. The first kappa shape index (κ1) is 19.1. The molecule has 1 aromatic carbocycles. The second-order valence-corrected chi connectivity index (χ2v) is 6.43. The van der Waals surface area contributed by atoms with Crippen LogP contribution in [0, 0.1) is 5.92 Å². The third-order valence-corrected chi connectivity index (χ3v) is 3.87. The summed E-state index contributed by atoms with van der Waals surface area (Å²) in [5.74, 6) is 1.19. The number of hydrogen-bond donors (Lipinski definition) is 1. The van der Waals surface area contributed by atoms with Gasteiger partial charge in [0.25, 0.3) is 5.91 Å². The Hall–Kier alpha value is -2.27. The minimum absolute atomic E-state index is 0.250. The summed E-state index contributed by atoms with van der Waals surface area (Å²) in [7, 11) is 1.52. The fourth-order valence-corrected chi connectivity index (χ4v) is 2.43. The first-order valence-corrected chi connectivity index (χ1v) is 8.57. The second-order valence-electron chi connectivity index (χ2n) is 6.02. The molecule has 0 saturated carbocycles. The van der Waals surface area contributed by atoms with Crippen LogP contribution in [-0.2, 0) is 6.54 Å². The zero-order valence-corrected chi connectivity index (χ0v) is 15.5. The van der Waals surface area contributed by atoms with Crippen LogP contribution < -0.4 is 14.8 Å². The van der Waals surface area contributed by atoms with Gasteiger partial charge in [0.15, 0.2) is 11.5 Å². The lowest BCUT2D eigenvalue weighted by Gasteiger charge is -2.15. The molecule has 25 heavy (non-hydrogen) atoms. The van der Waals surface area contributed by atoms with Crippen LogP contribution in [-0.4, -0.2) is 24.6 Å². The van der Waals surface area contributed by atoms with Crippen LogP contribution in [0.15, 0.2) is 36.5 Å². The van der Waals surface area contributed by atoms with Crippen molar-refractivity contribution in [3.63, 3.8) is 0 Å². The summed E-state index contributed by atoms with van der Waals surface area (Å²) in [4.78, 5) is 16.5. The Kier molecular flexibility index (Phi) is 7.07. The number of benzene rings is 1. The van der Waals surface area contributed by atoms with Crippen LogP contribution in [0.4, 0.5) is 0 Å². The highest BCUT2D eigenvalue weighted by atomic mass is 35.5. The Bertz CT molecular complexity index is 705. The van der Waals surface area contributed by atoms with Gasteiger partial charge in [-0.2, -0.15) is 0 Å². The average Bonchev–Trinajstić information content (AvgIpc) is 2.61. The molecule has 6 heteroatoms. The molecular weight excluding hydrogens is 340 g/mol. The molecule has 0 atom stereocenters. The molecule has 0 bridgehead atoms. The van der Waals surface area contributed by atoms with Crippen LogP contribution in [0.3, 0.4) is 0 Å². The van der Waals surface area contributed by atoms with Crippen LogP contribution in [0.5, 0.6) is 11.5 Å². The number of hydrogen-bond acceptors (Lipinski definition) is 4. The molecule has 0 unspecified atom stereocenters. The van der Waals surface area contributed by atoms with E-state index in [0.29, 0.717) is 41.2 Å². The molecule has 134 valence electrons. The van der Waals surface area contributed by atoms with Crippen molar-refractivity contribution in [1.29, 1.82) is 0 Å². The first-order chi connectivity index (χ1) is 12.0. The number of aromatic nitrogens is 1. The summed E-state index contributed by atoms with van der Waals surface area (Å²) >= 11 is 6.29. The molecule has 0 saturated heterocycles. The number of halogens is 1. The van der Waals surface area contributed by atoms with Crippen molar-refractivity contribution in [3.05, 3.63) is 52.8 Å². The van der Waals surface area contributed by atoms with E-state index in [0.717, 1.165) is 12.1 Å². The van der Waals surface area contributed by atoms with Crippen molar-refractivity contribution in [2.45, 2.75) is 26.8 Å². The molecule has 1 amide bonds. The average molecular weight is 363 g/mol. The summed E-state index contributed by atoms with van der Waals surface area (Å²) in [6, 6.07) is 8.76. The normalized spacial score (nSPS) is 10.6. The van der Waals surface area contributed by atoms with E-state index in [-0.39, 0.29) is 5.91 Å². The van der Waals surface area contributed by atoms with Gasteiger partial charge in [0.05, 0.1) is 31.0 Å². The number of methoxy groups -OCH3 is 1. The van der Waals surface area contributed by atoms with E-state index in [2.05, 4.69) is 24.1 Å². The Morgan fingerprint density at radius 3 is 2.76 bits per heavy atom. The minimum atomic E-state index is -0.250. The molecule has 0 aliphatic rings. The van der Waals surface area contributed by atoms with Crippen molar-refractivity contribution in [3.8, 4) is 11.5 Å². The topological polar surface area (TPSA) is 60.5 Å².